The van der Waals surface area contributed by atoms with E-state index in [0.717, 1.165) is 5.56 Å². The van der Waals surface area contributed by atoms with Crippen LogP contribution in [0.3, 0.4) is 0 Å². The predicted octanol–water partition coefficient (Wildman–Crippen LogP) is 4.82. The zero-order valence-electron chi connectivity index (χ0n) is 23.1. The van der Waals surface area contributed by atoms with E-state index in [-0.39, 0.29) is 18.9 Å². The number of fused-ring (bicyclic) bond motifs is 1. The first-order valence-electron chi connectivity index (χ1n) is 13.3. The predicted molar refractivity (Wildman–Crippen MR) is 148 cm³/mol. The van der Waals surface area contributed by atoms with Gasteiger partial charge in [-0.05, 0) is 30.9 Å². The van der Waals surface area contributed by atoms with Crippen molar-refractivity contribution in [1.29, 1.82) is 0 Å². The van der Waals surface area contributed by atoms with Gasteiger partial charge in [0.2, 0.25) is 5.91 Å². The lowest BCUT2D eigenvalue weighted by molar-refractivity contribution is -0.157. The maximum absolute atomic E-state index is 14.3. The molecule has 208 valence electrons. The number of rotatable bonds is 7. The first-order valence-corrected chi connectivity index (χ1v) is 13.3. The topological polar surface area (TPSA) is 105 Å². The Bertz CT molecular complexity index is 1240. The number of ether oxygens (including phenoxy) is 2. The third kappa shape index (κ3) is 5.77. The highest BCUT2D eigenvalue weighted by Crippen LogP contribution is 2.51. The monoisotopic (exact) mass is 534 g/mol. The Kier molecular flexibility index (Phi) is 8.28. The van der Waals surface area contributed by atoms with E-state index in [9.17, 15) is 19.5 Å². The molecule has 1 aliphatic carbocycles. The molecule has 2 N–H and O–H groups in total. The van der Waals surface area contributed by atoms with Crippen molar-refractivity contribution in [2.75, 3.05) is 25.6 Å². The summed E-state index contributed by atoms with van der Waals surface area (Å²) in [6.07, 6.45) is 4.28. The number of carbonyl (C=O) groups is 3. The number of nitrogens with zero attached hydrogens (tertiary/aromatic N) is 1. The fraction of sp³-hybridized carbons (Fsp3) is 0.452. The van der Waals surface area contributed by atoms with Crippen LogP contribution in [0.2, 0.25) is 0 Å². The molecule has 0 spiro atoms. The standard InChI is InChI=1S/C31H38N2O6/c1-29(2,3)27(35)32-24-14-9-8-13-23(24)31(37)17-16-30(18-20-39-21-22-11-6-5-7-12-22)15-10-19-33(28(36)38-4)25(30)26(31)34/h5-15,25,37H,16-21H2,1-4H3,(H,32,35)/t25?,30?,31-/m1/s1. The van der Waals surface area contributed by atoms with Crippen LogP contribution in [-0.2, 0) is 31.3 Å². The molecule has 2 aromatic rings. The maximum atomic E-state index is 14.3. The van der Waals surface area contributed by atoms with Gasteiger partial charge in [-0.25, -0.2) is 4.79 Å². The van der Waals surface area contributed by atoms with Crippen LogP contribution < -0.4 is 5.32 Å². The summed E-state index contributed by atoms with van der Waals surface area (Å²) in [6.45, 7) is 6.38. The molecule has 2 unspecified atom stereocenters. The summed E-state index contributed by atoms with van der Waals surface area (Å²) in [5.74, 6) is -0.729. The van der Waals surface area contributed by atoms with Crippen LogP contribution in [0.5, 0.6) is 0 Å². The fourth-order valence-corrected chi connectivity index (χ4v) is 5.49. The second-order valence-electron chi connectivity index (χ2n) is 11.4. The van der Waals surface area contributed by atoms with Gasteiger partial charge in [0.25, 0.3) is 0 Å². The van der Waals surface area contributed by atoms with Gasteiger partial charge in [-0.2, -0.15) is 0 Å². The number of methoxy groups -OCH3 is 1. The van der Waals surface area contributed by atoms with Crippen molar-refractivity contribution in [3.63, 3.8) is 0 Å². The van der Waals surface area contributed by atoms with Crippen LogP contribution in [0.25, 0.3) is 0 Å². The van der Waals surface area contributed by atoms with Crippen molar-refractivity contribution in [1.82, 2.24) is 4.90 Å². The number of hydrogen-bond donors (Lipinski definition) is 2. The molecule has 1 aliphatic heterocycles. The third-order valence-corrected chi connectivity index (χ3v) is 7.75. The lowest BCUT2D eigenvalue weighted by Crippen LogP contribution is -2.64. The molecule has 2 aliphatic rings. The van der Waals surface area contributed by atoms with Gasteiger partial charge in [0.1, 0.15) is 6.04 Å². The van der Waals surface area contributed by atoms with Crippen molar-refractivity contribution in [2.45, 2.75) is 58.3 Å². The molecule has 1 saturated carbocycles. The van der Waals surface area contributed by atoms with Crippen LogP contribution >= 0.6 is 0 Å². The molecule has 1 heterocycles. The molecule has 0 radical (unpaired) electrons. The second kappa shape index (κ2) is 11.3. The Labute approximate surface area is 230 Å². The summed E-state index contributed by atoms with van der Waals surface area (Å²) in [4.78, 5) is 41.3. The lowest BCUT2D eigenvalue weighted by atomic mass is 9.60. The summed E-state index contributed by atoms with van der Waals surface area (Å²) in [5.41, 5.74) is -1.56. The van der Waals surface area contributed by atoms with Crippen molar-refractivity contribution in [2.24, 2.45) is 10.8 Å². The summed E-state index contributed by atoms with van der Waals surface area (Å²) in [5, 5.41) is 14.9. The van der Waals surface area contributed by atoms with Gasteiger partial charge >= 0.3 is 6.09 Å². The lowest BCUT2D eigenvalue weighted by Gasteiger charge is -2.52. The number of hydrogen-bond acceptors (Lipinski definition) is 6. The highest BCUT2D eigenvalue weighted by molar-refractivity contribution is 6.00. The minimum absolute atomic E-state index is 0.128. The number of anilines is 1. The molecule has 3 atom stereocenters. The molecule has 0 saturated heterocycles. The quantitative estimate of drug-likeness (QED) is 0.390. The molecule has 8 nitrogen and oxygen atoms in total. The van der Waals surface area contributed by atoms with E-state index < -0.39 is 34.3 Å². The van der Waals surface area contributed by atoms with E-state index in [2.05, 4.69) is 5.32 Å². The van der Waals surface area contributed by atoms with Gasteiger partial charge in [0, 0.05) is 35.2 Å². The van der Waals surface area contributed by atoms with E-state index in [1.807, 2.05) is 42.5 Å². The highest BCUT2D eigenvalue weighted by Gasteiger charge is 2.59. The Morgan fingerprint density at radius 1 is 1.08 bits per heavy atom. The fourth-order valence-electron chi connectivity index (χ4n) is 5.49. The van der Waals surface area contributed by atoms with Crippen LogP contribution in [-0.4, -0.2) is 54.1 Å². The number of ketones is 1. The molecular formula is C31H38N2O6. The number of carbonyl (C=O) groups excluding carboxylic acids is 3. The van der Waals surface area contributed by atoms with Gasteiger partial charge in [-0.15, -0.1) is 0 Å². The minimum Gasteiger partial charge on any atom is -0.453 e. The Hall–Kier alpha value is -3.49. The number of Topliss-reactive ketones (excluding diaryl/α,β-unsaturated/α-hetero) is 1. The number of para-hydroxylation sites is 1. The molecule has 2 aromatic carbocycles. The summed E-state index contributed by atoms with van der Waals surface area (Å²) in [6, 6.07) is 15.7. The second-order valence-corrected chi connectivity index (χ2v) is 11.4. The number of amides is 2. The van der Waals surface area contributed by atoms with Gasteiger partial charge in [0.15, 0.2) is 11.4 Å². The average molecular weight is 535 g/mol. The first kappa shape index (κ1) is 28.5. The molecule has 0 aromatic heterocycles. The van der Waals surface area contributed by atoms with E-state index in [1.54, 1.807) is 45.0 Å². The smallest absolute Gasteiger partial charge is 0.410 e. The summed E-state index contributed by atoms with van der Waals surface area (Å²) in [7, 11) is 1.28. The van der Waals surface area contributed by atoms with Gasteiger partial charge < -0.3 is 19.9 Å². The average Bonchev–Trinajstić information content (AvgIpc) is 2.93. The Morgan fingerprint density at radius 3 is 2.46 bits per heavy atom. The molecule has 1 fully saturated rings. The van der Waals surface area contributed by atoms with E-state index in [0.29, 0.717) is 37.3 Å². The molecule has 8 heteroatoms. The molecule has 39 heavy (non-hydrogen) atoms. The van der Waals surface area contributed by atoms with Crippen LogP contribution in [0.15, 0.2) is 66.7 Å². The number of benzene rings is 2. The van der Waals surface area contributed by atoms with E-state index in [4.69, 9.17) is 9.47 Å². The van der Waals surface area contributed by atoms with Crippen molar-refractivity contribution < 1.29 is 29.0 Å². The number of aliphatic hydroxyl groups is 1. The van der Waals surface area contributed by atoms with Gasteiger partial charge in [-0.3, -0.25) is 14.5 Å². The molecular weight excluding hydrogens is 496 g/mol. The third-order valence-electron chi connectivity index (χ3n) is 7.75. The highest BCUT2D eigenvalue weighted by atomic mass is 16.5. The first-order chi connectivity index (χ1) is 18.5. The Morgan fingerprint density at radius 2 is 1.77 bits per heavy atom. The van der Waals surface area contributed by atoms with Gasteiger partial charge in [0.05, 0.1) is 13.7 Å². The summed E-state index contributed by atoms with van der Waals surface area (Å²) < 4.78 is 11.0. The van der Waals surface area contributed by atoms with Crippen LogP contribution in [0.4, 0.5) is 10.5 Å². The SMILES string of the molecule is COC(=O)N1CC=CC2(CCOCc3ccccc3)CC[C@@](O)(c3ccccc3NC(=O)C(C)(C)C)C(=O)C12. The summed E-state index contributed by atoms with van der Waals surface area (Å²) >= 11 is 0. The van der Waals surface area contributed by atoms with E-state index in [1.165, 1.54) is 12.0 Å². The molecule has 0 bridgehead atoms. The van der Waals surface area contributed by atoms with Gasteiger partial charge in [-0.1, -0.05) is 81.5 Å². The molecule has 2 amide bonds. The van der Waals surface area contributed by atoms with Crippen molar-refractivity contribution in [3.8, 4) is 0 Å². The largest absolute Gasteiger partial charge is 0.453 e. The van der Waals surface area contributed by atoms with Crippen LogP contribution in [0, 0.1) is 10.8 Å². The number of nitrogens with one attached hydrogen (secondary N) is 1. The zero-order chi connectivity index (χ0) is 28.3. The van der Waals surface area contributed by atoms with Crippen LogP contribution in [0.1, 0.15) is 51.2 Å². The maximum Gasteiger partial charge on any atom is 0.410 e. The minimum atomic E-state index is -1.90. The zero-order valence-corrected chi connectivity index (χ0v) is 23.1. The Balaban J connectivity index is 1.64. The van der Waals surface area contributed by atoms with Crippen molar-refractivity contribution >= 4 is 23.5 Å². The normalized spacial score (nSPS) is 24.7. The molecule has 4 rings (SSSR count). The van der Waals surface area contributed by atoms with E-state index >= 15 is 0 Å². The van der Waals surface area contributed by atoms with Crippen molar-refractivity contribution in [3.05, 3.63) is 77.9 Å².